The number of anilines is 1. The van der Waals surface area contributed by atoms with Gasteiger partial charge in [0.1, 0.15) is 12.4 Å². The lowest BCUT2D eigenvalue weighted by Gasteiger charge is -2.15. The zero-order chi connectivity index (χ0) is 20.1. The largest absolute Gasteiger partial charge is 0.348 e. The Bertz CT molecular complexity index is 1010. The minimum atomic E-state index is -0.611. The SMILES string of the molecule is CC(NC(=O)Cn1cc(NC(=O)c2ccccc2F)cn1)c1ccccc1Cl. The van der Waals surface area contributed by atoms with Gasteiger partial charge in [-0.3, -0.25) is 14.3 Å². The highest BCUT2D eigenvalue weighted by Gasteiger charge is 2.14. The molecule has 2 aromatic carbocycles. The first-order valence-electron chi connectivity index (χ1n) is 8.56. The molecule has 0 spiro atoms. The number of rotatable bonds is 6. The van der Waals surface area contributed by atoms with Crippen LogP contribution < -0.4 is 10.6 Å². The van der Waals surface area contributed by atoms with Crippen molar-refractivity contribution in [3.8, 4) is 0 Å². The summed E-state index contributed by atoms with van der Waals surface area (Å²) in [7, 11) is 0. The van der Waals surface area contributed by atoms with Gasteiger partial charge < -0.3 is 10.6 Å². The quantitative estimate of drug-likeness (QED) is 0.660. The van der Waals surface area contributed by atoms with Gasteiger partial charge in [0.15, 0.2) is 0 Å². The van der Waals surface area contributed by atoms with Crippen molar-refractivity contribution in [2.45, 2.75) is 19.5 Å². The van der Waals surface area contributed by atoms with Gasteiger partial charge in [-0.2, -0.15) is 5.10 Å². The van der Waals surface area contributed by atoms with E-state index in [2.05, 4.69) is 15.7 Å². The summed E-state index contributed by atoms with van der Waals surface area (Å²) in [5.41, 5.74) is 1.11. The van der Waals surface area contributed by atoms with E-state index in [1.807, 2.05) is 25.1 Å². The van der Waals surface area contributed by atoms with Crippen molar-refractivity contribution < 1.29 is 14.0 Å². The fourth-order valence-electron chi connectivity index (χ4n) is 2.70. The number of nitrogens with zero attached hydrogens (tertiary/aromatic N) is 2. The number of hydrogen-bond donors (Lipinski definition) is 2. The number of aromatic nitrogens is 2. The molecule has 0 bridgehead atoms. The van der Waals surface area contributed by atoms with E-state index >= 15 is 0 Å². The molecule has 8 heteroatoms. The van der Waals surface area contributed by atoms with Crippen LogP contribution in [0.2, 0.25) is 5.02 Å². The van der Waals surface area contributed by atoms with Crippen LogP contribution in [0.15, 0.2) is 60.9 Å². The van der Waals surface area contributed by atoms with Gasteiger partial charge in [-0.1, -0.05) is 41.9 Å². The van der Waals surface area contributed by atoms with Gasteiger partial charge in [-0.15, -0.1) is 0 Å². The second-order valence-electron chi connectivity index (χ2n) is 6.17. The summed E-state index contributed by atoms with van der Waals surface area (Å²) < 4.78 is 15.0. The Labute approximate surface area is 166 Å². The van der Waals surface area contributed by atoms with Crippen LogP contribution in [0.3, 0.4) is 0 Å². The Morgan fingerprint density at radius 1 is 1.18 bits per heavy atom. The van der Waals surface area contributed by atoms with Crippen LogP contribution in [0.25, 0.3) is 0 Å². The molecule has 0 aliphatic carbocycles. The van der Waals surface area contributed by atoms with Crippen LogP contribution in [0.4, 0.5) is 10.1 Å². The summed E-state index contributed by atoms with van der Waals surface area (Å²) in [6.07, 6.45) is 2.89. The summed E-state index contributed by atoms with van der Waals surface area (Å²) in [5.74, 6) is -1.46. The Kier molecular flexibility index (Phi) is 6.06. The highest BCUT2D eigenvalue weighted by molar-refractivity contribution is 6.31. The maximum Gasteiger partial charge on any atom is 0.258 e. The van der Waals surface area contributed by atoms with Crippen molar-refractivity contribution in [2.24, 2.45) is 0 Å². The van der Waals surface area contributed by atoms with Crippen LogP contribution in [0.5, 0.6) is 0 Å². The fraction of sp³-hybridized carbons (Fsp3) is 0.150. The van der Waals surface area contributed by atoms with Gasteiger partial charge in [-0.05, 0) is 30.7 Å². The summed E-state index contributed by atoms with van der Waals surface area (Å²) in [5, 5.41) is 10.0. The first-order chi connectivity index (χ1) is 13.4. The highest BCUT2D eigenvalue weighted by Crippen LogP contribution is 2.22. The fourth-order valence-corrected chi connectivity index (χ4v) is 3.00. The van der Waals surface area contributed by atoms with Crippen molar-refractivity contribution in [2.75, 3.05) is 5.32 Å². The molecule has 0 saturated heterocycles. The first kappa shape index (κ1) is 19.6. The van der Waals surface area contributed by atoms with Crippen LogP contribution in [0, 0.1) is 5.82 Å². The molecule has 2 N–H and O–H groups in total. The van der Waals surface area contributed by atoms with E-state index in [1.54, 1.807) is 12.1 Å². The summed E-state index contributed by atoms with van der Waals surface area (Å²) in [6.45, 7) is 1.80. The van der Waals surface area contributed by atoms with E-state index in [4.69, 9.17) is 11.6 Å². The summed E-state index contributed by atoms with van der Waals surface area (Å²) in [6, 6.07) is 12.7. The normalized spacial score (nSPS) is 11.7. The smallest absolute Gasteiger partial charge is 0.258 e. The monoisotopic (exact) mass is 400 g/mol. The molecular weight excluding hydrogens is 383 g/mol. The van der Waals surface area contributed by atoms with Crippen molar-refractivity contribution >= 4 is 29.1 Å². The first-order valence-corrected chi connectivity index (χ1v) is 8.94. The number of halogens is 2. The number of amides is 2. The maximum atomic E-state index is 13.7. The molecule has 0 aliphatic heterocycles. The van der Waals surface area contributed by atoms with Gasteiger partial charge in [-0.25, -0.2) is 4.39 Å². The third kappa shape index (κ3) is 4.75. The molecule has 3 aromatic rings. The zero-order valence-corrected chi connectivity index (χ0v) is 15.8. The summed E-state index contributed by atoms with van der Waals surface area (Å²) in [4.78, 5) is 24.4. The highest BCUT2D eigenvalue weighted by atomic mass is 35.5. The molecule has 3 rings (SSSR count). The van der Waals surface area contributed by atoms with Crippen molar-refractivity contribution in [1.82, 2.24) is 15.1 Å². The molecule has 0 fully saturated rings. The van der Waals surface area contributed by atoms with Gasteiger partial charge in [0, 0.05) is 11.2 Å². The van der Waals surface area contributed by atoms with Crippen molar-refractivity contribution in [1.29, 1.82) is 0 Å². The molecule has 1 unspecified atom stereocenters. The average Bonchev–Trinajstić information content (AvgIpc) is 3.08. The van der Waals surface area contributed by atoms with E-state index in [0.717, 1.165) is 5.56 Å². The Balaban J connectivity index is 1.58. The minimum absolute atomic E-state index is 0.0373. The molecule has 2 amide bonds. The van der Waals surface area contributed by atoms with Crippen LogP contribution in [0.1, 0.15) is 28.9 Å². The standard InChI is InChI=1S/C20H18ClFN4O2/c1-13(15-6-2-4-8-17(15)21)24-19(27)12-26-11-14(10-23-26)25-20(28)16-7-3-5-9-18(16)22/h2-11,13H,12H2,1H3,(H,24,27)(H,25,28). The Hall–Kier alpha value is -3.19. The van der Waals surface area contributed by atoms with Gasteiger partial charge in [0.05, 0.1) is 23.5 Å². The molecule has 0 saturated carbocycles. The van der Waals surface area contributed by atoms with Crippen LogP contribution in [-0.2, 0) is 11.3 Å². The topological polar surface area (TPSA) is 76.0 Å². The van der Waals surface area contributed by atoms with Crippen molar-refractivity contribution in [3.63, 3.8) is 0 Å². The molecule has 0 aliphatic rings. The maximum absolute atomic E-state index is 13.7. The number of carbonyl (C=O) groups excluding carboxylic acids is 2. The molecule has 1 aromatic heterocycles. The van der Waals surface area contributed by atoms with E-state index in [1.165, 1.54) is 35.3 Å². The Morgan fingerprint density at radius 3 is 2.64 bits per heavy atom. The van der Waals surface area contributed by atoms with E-state index in [-0.39, 0.29) is 24.1 Å². The second-order valence-corrected chi connectivity index (χ2v) is 6.58. The van der Waals surface area contributed by atoms with E-state index < -0.39 is 11.7 Å². The predicted molar refractivity (Wildman–Crippen MR) is 105 cm³/mol. The number of hydrogen-bond acceptors (Lipinski definition) is 3. The van der Waals surface area contributed by atoms with E-state index in [9.17, 15) is 14.0 Å². The number of carbonyl (C=O) groups is 2. The molecule has 144 valence electrons. The third-order valence-electron chi connectivity index (χ3n) is 4.06. The number of nitrogens with one attached hydrogen (secondary N) is 2. The molecule has 1 heterocycles. The average molecular weight is 401 g/mol. The van der Waals surface area contributed by atoms with Gasteiger partial charge >= 0.3 is 0 Å². The van der Waals surface area contributed by atoms with Gasteiger partial charge in [0.25, 0.3) is 5.91 Å². The predicted octanol–water partition coefficient (Wildman–Crippen LogP) is 3.81. The minimum Gasteiger partial charge on any atom is -0.348 e. The second kappa shape index (κ2) is 8.67. The zero-order valence-electron chi connectivity index (χ0n) is 15.0. The van der Waals surface area contributed by atoms with Gasteiger partial charge in [0.2, 0.25) is 5.91 Å². The lowest BCUT2D eigenvalue weighted by molar-refractivity contribution is -0.122. The van der Waals surface area contributed by atoms with Crippen LogP contribution >= 0.6 is 11.6 Å². The molecular formula is C20H18ClFN4O2. The lowest BCUT2D eigenvalue weighted by Crippen LogP contribution is -2.30. The molecule has 28 heavy (non-hydrogen) atoms. The lowest BCUT2D eigenvalue weighted by atomic mass is 10.1. The summed E-state index contributed by atoms with van der Waals surface area (Å²) >= 11 is 6.14. The third-order valence-corrected chi connectivity index (χ3v) is 4.41. The van der Waals surface area contributed by atoms with Crippen molar-refractivity contribution in [3.05, 3.63) is 82.9 Å². The van der Waals surface area contributed by atoms with E-state index in [0.29, 0.717) is 10.7 Å². The van der Waals surface area contributed by atoms with Crippen LogP contribution in [-0.4, -0.2) is 21.6 Å². The molecule has 0 radical (unpaired) electrons. The molecule has 6 nitrogen and oxygen atoms in total. The Morgan fingerprint density at radius 2 is 1.89 bits per heavy atom. The molecule has 1 atom stereocenters. The number of benzene rings is 2.